The summed E-state index contributed by atoms with van der Waals surface area (Å²) in [6.07, 6.45) is 0.639. The van der Waals surface area contributed by atoms with Gasteiger partial charge in [-0.25, -0.2) is 0 Å². The van der Waals surface area contributed by atoms with Gasteiger partial charge in [-0.05, 0) is 51.5 Å². The molecule has 8 heteroatoms. The van der Waals surface area contributed by atoms with Crippen molar-refractivity contribution < 1.29 is 14.3 Å². The fraction of sp³-hybridized carbons (Fsp3) is 0.526. The molecule has 2 rings (SSSR count). The molecule has 0 aliphatic carbocycles. The van der Waals surface area contributed by atoms with Crippen LogP contribution in [-0.4, -0.2) is 39.6 Å². The molecule has 2 unspecified atom stereocenters. The van der Waals surface area contributed by atoms with Crippen LogP contribution in [0.25, 0.3) is 0 Å². The minimum atomic E-state index is -0.269. The van der Waals surface area contributed by atoms with Crippen LogP contribution in [0.5, 0.6) is 11.5 Å². The van der Waals surface area contributed by atoms with Crippen LogP contribution in [0.4, 0.5) is 0 Å². The summed E-state index contributed by atoms with van der Waals surface area (Å²) < 4.78 is 13.1. The van der Waals surface area contributed by atoms with Crippen LogP contribution in [-0.2, 0) is 11.3 Å². The predicted molar refractivity (Wildman–Crippen MR) is 106 cm³/mol. The first kappa shape index (κ1) is 21.1. The lowest BCUT2D eigenvalue weighted by Crippen LogP contribution is -2.33. The number of hydrogen-bond acceptors (Lipinski definition) is 6. The van der Waals surface area contributed by atoms with Gasteiger partial charge < -0.3 is 19.4 Å². The van der Waals surface area contributed by atoms with Crippen molar-refractivity contribution in [3.63, 3.8) is 0 Å². The molecule has 27 heavy (non-hydrogen) atoms. The predicted octanol–water partition coefficient (Wildman–Crippen LogP) is 3.45. The van der Waals surface area contributed by atoms with Gasteiger partial charge in [0, 0.05) is 12.6 Å². The van der Waals surface area contributed by atoms with Crippen LogP contribution in [0.2, 0.25) is 0 Å². The maximum absolute atomic E-state index is 12.0. The zero-order valence-corrected chi connectivity index (χ0v) is 17.4. The summed E-state index contributed by atoms with van der Waals surface area (Å²) in [7, 11) is 1.63. The van der Waals surface area contributed by atoms with Crippen molar-refractivity contribution in [3.8, 4) is 11.5 Å². The SMILES string of the molecule is CCC(C)NC(=O)CSc1nnc(C(C)Oc2ccc(OC)cc2)n1CC. The van der Waals surface area contributed by atoms with Crippen LogP contribution in [0.1, 0.15) is 46.0 Å². The van der Waals surface area contributed by atoms with Gasteiger partial charge in [-0.15, -0.1) is 10.2 Å². The molecule has 1 amide bonds. The van der Waals surface area contributed by atoms with Crippen LogP contribution < -0.4 is 14.8 Å². The highest BCUT2D eigenvalue weighted by molar-refractivity contribution is 7.99. The molecule has 0 bridgehead atoms. The van der Waals surface area contributed by atoms with E-state index in [4.69, 9.17) is 9.47 Å². The lowest BCUT2D eigenvalue weighted by Gasteiger charge is -2.16. The molecule has 0 fully saturated rings. The molecule has 2 aromatic rings. The summed E-state index contributed by atoms with van der Waals surface area (Å²) in [5.41, 5.74) is 0. The summed E-state index contributed by atoms with van der Waals surface area (Å²) in [6, 6.07) is 7.59. The second kappa shape index (κ2) is 10.2. The molecular weight excluding hydrogens is 364 g/mol. The largest absolute Gasteiger partial charge is 0.497 e. The van der Waals surface area contributed by atoms with Gasteiger partial charge in [0.25, 0.3) is 0 Å². The number of methoxy groups -OCH3 is 1. The molecule has 1 N–H and O–H groups in total. The molecule has 0 saturated heterocycles. The van der Waals surface area contributed by atoms with Crippen molar-refractivity contribution in [1.82, 2.24) is 20.1 Å². The van der Waals surface area contributed by atoms with Crippen molar-refractivity contribution in [2.75, 3.05) is 12.9 Å². The van der Waals surface area contributed by atoms with Crippen molar-refractivity contribution in [2.45, 2.75) is 58.0 Å². The fourth-order valence-corrected chi connectivity index (χ4v) is 3.29. The third-order valence-corrected chi connectivity index (χ3v) is 5.12. The molecule has 1 aromatic heterocycles. The normalized spacial score (nSPS) is 13.1. The maximum Gasteiger partial charge on any atom is 0.230 e. The average molecular weight is 393 g/mol. The maximum atomic E-state index is 12.0. The highest BCUT2D eigenvalue weighted by atomic mass is 32.2. The van der Waals surface area contributed by atoms with Crippen LogP contribution in [0.3, 0.4) is 0 Å². The van der Waals surface area contributed by atoms with Crippen LogP contribution in [0, 0.1) is 0 Å². The Labute approximate surface area is 164 Å². The average Bonchev–Trinajstić information content (AvgIpc) is 3.09. The molecular formula is C19H28N4O3S. The minimum Gasteiger partial charge on any atom is -0.497 e. The van der Waals surface area contributed by atoms with E-state index in [2.05, 4.69) is 15.5 Å². The quantitative estimate of drug-likeness (QED) is 0.624. The smallest absolute Gasteiger partial charge is 0.230 e. The van der Waals surface area contributed by atoms with Crippen molar-refractivity contribution >= 4 is 17.7 Å². The van der Waals surface area contributed by atoms with Gasteiger partial charge in [0.05, 0.1) is 12.9 Å². The van der Waals surface area contributed by atoms with Crippen molar-refractivity contribution in [2.24, 2.45) is 0 Å². The second-order valence-corrected chi connectivity index (χ2v) is 7.13. The molecule has 0 radical (unpaired) electrons. The number of benzene rings is 1. The van der Waals surface area contributed by atoms with Crippen molar-refractivity contribution in [1.29, 1.82) is 0 Å². The third kappa shape index (κ3) is 5.89. The molecule has 0 spiro atoms. The van der Waals surface area contributed by atoms with Gasteiger partial charge in [0.15, 0.2) is 17.1 Å². The zero-order valence-electron chi connectivity index (χ0n) is 16.6. The van der Waals surface area contributed by atoms with Crippen molar-refractivity contribution in [3.05, 3.63) is 30.1 Å². The van der Waals surface area contributed by atoms with Crippen LogP contribution >= 0.6 is 11.8 Å². The van der Waals surface area contributed by atoms with Crippen LogP contribution in [0.15, 0.2) is 29.4 Å². The van der Waals surface area contributed by atoms with Gasteiger partial charge in [-0.2, -0.15) is 0 Å². The van der Waals surface area contributed by atoms with E-state index in [1.807, 2.05) is 56.5 Å². The first-order valence-electron chi connectivity index (χ1n) is 9.14. The molecule has 0 saturated carbocycles. The Kier molecular flexibility index (Phi) is 7.97. The standard InChI is InChI=1S/C19H28N4O3S/c1-6-13(3)20-17(24)12-27-19-22-21-18(23(19)7-2)14(4)26-16-10-8-15(25-5)9-11-16/h8-11,13-14H,6-7,12H2,1-5H3,(H,20,24). The van der Waals surface area contributed by atoms with E-state index in [0.717, 1.165) is 28.9 Å². The van der Waals surface area contributed by atoms with Gasteiger partial charge in [-0.3, -0.25) is 4.79 Å². The number of carbonyl (C=O) groups is 1. The zero-order chi connectivity index (χ0) is 19.8. The van der Waals surface area contributed by atoms with E-state index in [0.29, 0.717) is 12.3 Å². The molecule has 148 valence electrons. The third-order valence-electron chi connectivity index (χ3n) is 4.15. The Balaban J connectivity index is 2.01. The highest BCUT2D eigenvalue weighted by Crippen LogP contribution is 2.25. The number of amides is 1. The number of nitrogens with one attached hydrogen (secondary N) is 1. The Hall–Kier alpha value is -2.22. The molecule has 0 aliphatic heterocycles. The van der Waals surface area contributed by atoms with E-state index in [9.17, 15) is 4.79 Å². The Bertz CT molecular complexity index is 733. The number of nitrogens with zero attached hydrogens (tertiary/aromatic N) is 3. The molecule has 1 aromatic carbocycles. The lowest BCUT2D eigenvalue weighted by molar-refractivity contribution is -0.119. The summed E-state index contributed by atoms with van der Waals surface area (Å²) in [5.74, 6) is 2.57. The van der Waals surface area contributed by atoms with Gasteiger partial charge in [0.1, 0.15) is 11.5 Å². The Morgan fingerprint density at radius 1 is 1.19 bits per heavy atom. The molecule has 1 heterocycles. The number of rotatable bonds is 10. The summed E-state index contributed by atoms with van der Waals surface area (Å²) in [4.78, 5) is 12.0. The van der Waals surface area contributed by atoms with E-state index in [1.165, 1.54) is 11.8 Å². The number of carbonyl (C=O) groups excluding carboxylic acids is 1. The van der Waals surface area contributed by atoms with E-state index in [1.54, 1.807) is 7.11 Å². The second-order valence-electron chi connectivity index (χ2n) is 6.19. The summed E-state index contributed by atoms with van der Waals surface area (Å²) in [5, 5.41) is 12.2. The number of hydrogen-bond donors (Lipinski definition) is 1. The summed E-state index contributed by atoms with van der Waals surface area (Å²) in [6.45, 7) is 8.70. The van der Waals surface area contributed by atoms with Gasteiger partial charge in [-0.1, -0.05) is 18.7 Å². The van der Waals surface area contributed by atoms with E-state index >= 15 is 0 Å². The number of ether oxygens (including phenoxy) is 2. The first-order valence-corrected chi connectivity index (χ1v) is 10.1. The van der Waals surface area contributed by atoms with Gasteiger partial charge >= 0.3 is 0 Å². The monoisotopic (exact) mass is 392 g/mol. The first-order chi connectivity index (χ1) is 13.0. The number of aromatic nitrogens is 3. The minimum absolute atomic E-state index is 0.00378. The fourth-order valence-electron chi connectivity index (χ4n) is 2.46. The number of thioether (sulfide) groups is 1. The lowest BCUT2D eigenvalue weighted by atomic mass is 10.3. The van der Waals surface area contributed by atoms with Gasteiger partial charge in [0.2, 0.25) is 5.91 Å². The molecule has 2 atom stereocenters. The van der Waals surface area contributed by atoms with E-state index in [-0.39, 0.29) is 18.1 Å². The highest BCUT2D eigenvalue weighted by Gasteiger charge is 2.19. The van der Waals surface area contributed by atoms with E-state index < -0.39 is 0 Å². The Morgan fingerprint density at radius 2 is 1.85 bits per heavy atom. The molecule has 0 aliphatic rings. The molecule has 7 nitrogen and oxygen atoms in total. The Morgan fingerprint density at radius 3 is 2.44 bits per heavy atom. The topological polar surface area (TPSA) is 78.3 Å². The summed E-state index contributed by atoms with van der Waals surface area (Å²) >= 11 is 1.39.